The molecule has 0 aliphatic carbocycles. The van der Waals surface area contributed by atoms with E-state index in [1.54, 1.807) is 6.07 Å². The van der Waals surface area contributed by atoms with Crippen LogP contribution in [0.3, 0.4) is 0 Å². The maximum Gasteiger partial charge on any atom is 0.347 e. The first-order valence-electron chi connectivity index (χ1n) is 4.90. The summed E-state index contributed by atoms with van der Waals surface area (Å²) in [5.74, 6) is 0.304. The third-order valence-corrected chi connectivity index (χ3v) is 2.07. The van der Waals surface area contributed by atoms with E-state index in [1.165, 1.54) is 14.2 Å². The number of hydrogen-bond acceptors (Lipinski definition) is 4. The Hall–Kier alpha value is -1.56. The highest BCUT2D eigenvalue weighted by atomic mass is 16.7. The Bertz CT molecular complexity index is 368. The summed E-state index contributed by atoms with van der Waals surface area (Å²) in [5.41, 5.74) is 0.669. The van der Waals surface area contributed by atoms with E-state index in [2.05, 4.69) is 10.5 Å². The van der Waals surface area contributed by atoms with Gasteiger partial charge in [0.1, 0.15) is 0 Å². The van der Waals surface area contributed by atoms with Crippen molar-refractivity contribution >= 4 is 11.9 Å². The number of amides is 2. The smallest absolute Gasteiger partial charge is 0.338 e. The molecule has 0 aromatic carbocycles. The summed E-state index contributed by atoms with van der Waals surface area (Å²) in [7, 11) is 2.90. The third-order valence-electron chi connectivity index (χ3n) is 2.07. The Morgan fingerprint density at radius 3 is 2.62 bits per heavy atom. The molecule has 0 bridgehead atoms. The average molecular weight is 227 g/mol. The number of rotatable bonds is 2. The number of hydroxylamine groups is 2. The number of aromatic nitrogens is 1. The normalized spacial score (nSPS) is 11.3. The first kappa shape index (κ1) is 12.5. The van der Waals surface area contributed by atoms with Crippen LogP contribution in [0, 0.1) is 0 Å². The second-order valence-corrected chi connectivity index (χ2v) is 4.44. The maximum atomic E-state index is 11.4. The molecule has 1 rings (SSSR count). The molecule has 0 unspecified atom stereocenters. The molecular weight excluding hydrogens is 210 g/mol. The second-order valence-electron chi connectivity index (χ2n) is 4.44. The number of carbonyl (C=O) groups is 1. The first-order chi connectivity index (χ1) is 7.34. The monoisotopic (exact) mass is 227 g/mol. The molecular formula is C10H17N3O3. The Morgan fingerprint density at radius 1 is 1.56 bits per heavy atom. The van der Waals surface area contributed by atoms with Crippen molar-refractivity contribution in [3.05, 3.63) is 11.8 Å². The van der Waals surface area contributed by atoms with Crippen LogP contribution in [0.5, 0.6) is 0 Å². The number of nitrogens with one attached hydrogen (secondary N) is 1. The van der Waals surface area contributed by atoms with Crippen LogP contribution in [0.25, 0.3) is 0 Å². The van der Waals surface area contributed by atoms with Crippen LogP contribution in [0.4, 0.5) is 10.7 Å². The van der Waals surface area contributed by atoms with Crippen LogP contribution >= 0.6 is 0 Å². The van der Waals surface area contributed by atoms with Crippen LogP contribution in [0.1, 0.15) is 26.5 Å². The zero-order valence-corrected chi connectivity index (χ0v) is 10.2. The van der Waals surface area contributed by atoms with Crippen molar-refractivity contribution in [1.29, 1.82) is 0 Å². The van der Waals surface area contributed by atoms with Crippen LogP contribution in [0.2, 0.25) is 0 Å². The Kier molecular flexibility index (Phi) is 3.54. The lowest BCUT2D eigenvalue weighted by Gasteiger charge is -2.13. The molecule has 1 N–H and O–H groups in total. The van der Waals surface area contributed by atoms with E-state index < -0.39 is 6.03 Å². The molecule has 90 valence electrons. The molecule has 0 saturated heterocycles. The van der Waals surface area contributed by atoms with Gasteiger partial charge in [-0.25, -0.2) is 9.86 Å². The molecule has 0 atom stereocenters. The molecule has 1 aromatic rings. The molecule has 0 fully saturated rings. The molecule has 0 spiro atoms. The molecule has 0 aliphatic heterocycles. The minimum atomic E-state index is -0.417. The lowest BCUT2D eigenvalue weighted by Crippen LogP contribution is -2.30. The SMILES string of the molecule is CON(C)C(=O)Nc1cc(C(C)(C)C)no1. The van der Waals surface area contributed by atoms with Crippen molar-refractivity contribution in [2.75, 3.05) is 19.5 Å². The van der Waals surface area contributed by atoms with Crippen LogP contribution < -0.4 is 5.32 Å². The molecule has 0 aliphatic rings. The van der Waals surface area contributed by atoms with Gasteiger partial charge in [-0.2, -0.15) is 0 Å². The van der Waals surface area contributed by atoms with Gasteiger partial charge in [-0.3, -0.25) is 10.2 Å². The maximum absolute atomic E-state index is 11.4. The molecule has 0 saturated carbocycles. The quantitative estimate of drug-likeness (QED) is 0.784. The van der Waals surface area contributed by atoms with Gasteiger partial charge in [0.15, 0.2) is 0 Å². The van der Waals surface area contributed by atoms with Crippen molar-refractivity contribution in [2.24, 2.45) is 0 Å². The van der Waals surface area contributed by atoms with Crippen LogP contribution in [-0.2, 0) is 10.3 Å². The van der Waals surface area contributed by atoms with Gasteiger partial charge in [-0.05, 0) is 0 Å². The zero-order chi connectivity index (χ0) is 12.3. The van der Waals surface area contributed by atoms with E-state index in [4.69, 9.17) is 9.36 Å². The Labute approximate surface area is 94.5 Å². The zero-order valence-electron chi connectivity index (χ0n) is 10.2. The lowest BCUT2D eigenvalue weighted by molar-refractivity contribution is -0.0599. The summed E-state index contributed by atoms with van der Waals surface area (Å²) < 4.78 is 4.99. The number of hydrogen-bond donors (Lipinski definition) is 1. The largest absolute Gasteiger partial charge is 0.347 e. The lowest BCUT2D eigenvalue weighted by atomic mass is 9.92. The van der Waals surface area contributed by atoms with E-state index >= 15 is 0 Å². The second kappa shape index (κ2) is 4.52. The van der Waals surface area contributed by atoms with Gasteiger partial charge in [0.2, 0.25) is 5.88 Å². The summed E-state index contributed by atoms with van der Waals surface area (Å²) in [6, 6.07) is 1.28. The number of anilines is 1. The van der Waals surface area contributed by atoms with Crippen molar-refractivity contribution in [2.45, 2.75) is 26.2 Å². The van der Waals surface area contributed by atoms with E-state index in [9.17, 15) is 4.79 Å². The topological polar surface area (TPSA) is 67.6 Å². The highest BCUT2D eigenvalue weighted by molar-refractivity contribution is 5.86. The van der Waals surface area contributed by atoms with Crippen molar-refractivity contribution in [3.8, 4) is 0 Å². The fraction of sp³-hybridized carbons (Fsp3) is 0.600. The average Bonchev–Trinajstić information content (AvgIpc) is 2.64. The fourth-order valence-corrected chi connectivity index (χ4v) is 0.955. The van der Waals surface area contributed by atoms with Crippen molar-refractivity contribution in [3.63, 3.8) is 0 Å². The van der Waals surface area contributed by atoms with Gasteiger partial charge < -0.3 is 4.52 Å². The number of nitrogens with zero attached hydrogens (tertiary/aromatic N) is 2. The van der Waals surface area contributed by atoms with E-state index in [0.29, 0.717) is 5.88 Å². The van der Waals surface area contributed by atoms with Crippen molar-refractivity contribution in [1.82, 2.24) is 10.2 Å². The van der Waals surface area contributed by atoms with Gasteiger partial charge in [-0.15, -0.1) is 0 Å². The molecule has 16 heavy (non-hydrogen) atoms. The summed E-state index contributed by atoms with van der Waals surface area (Å²) >= 11 is 0. The number of carbonyl (C=O) groups excluding carboxylic acids is 1. The standard InChI is InChI=1S/C10H17N3O3/c1-10(2,3)7-6-8(16-12-7)11-9(14)13(4)15-5/h6H,1-5H3,(H,11,14). The van der Waals surface area contributed by atoms with Gasteiger partial charge in [0.25, 0.3) is 0 Å². The van der Waals surface area contributed by atoms with Gasteiger partial charge in [0, 0.05) is 18.5 Å². The highest BCUT2D eigenvalue weighted by Crippen LogP contribution is 2.23. The Morgan fingerprint density at radius 2 is 2.19 bits per heavy atom. The summed E-state index contributed by atoms with van der Waals surface area (Å²) in [6.45, 7) is 6.03. The van der Waals surface area contributed by atoms with Gasteiger partial charge in [-0.1, -0.05) is 25.9 Å². The van der Waals surface area contributed by atoms with E-state index in [1.807, 2.05) is 20.8 Å². The third kappa shape index (κ3) is 2.96. The minimum Gasteiger partial charge on any atom is -0.338 e. The predicted molar refractivity (Wildman–Crippen MR) is 59.0 cm³/mol. The first-order valence-corrected chi connectivity index (χ1v) is 4.90. The van der Waals surface area contributed by atoms with Crippen molar-refractivity contribution < 1.29 is 14.2 Å². The minimum absolute atomic E-state index is 0.111. The van der Waals surface area contributed by atoms with Gasteiger partial charge >= 0.3 is 6.03 Å². The summed E-state index contributed by atoms with van der Waals surface area (Å²) in [6.07, 6.45) is 0. The van der Waals surface area contributed by atoms with Crippen LogP contribution in [0.15, 0.2) is 10.6 Å². The fourth-order valence-electron chi connectivity index (χ4n) is 0.955. The molecule has 2 amide bonds. The molecule has 6 heteroatoms. The van der Waals surface area contributed by atoms with Crippen LogP contribution in [-0.4, -0.2) is 30.4 Å². The number of urea groups is 1. The molecule has 0 radical (unpaired) electrons. The molecule has 6 nitrogen and oxygen atoms in total. The Balaban J connectivity index is 2.70. The van der Waals surface area contributed by atoms with Gasteiger partial charge in [0.05, 0.1) is 12.8 Å². The van der Waals surface area contributed by atoms with E-state index in [0.717, 1.165) is 10.8 Å². The van der Waals surface area contributed by atoms with E-state index in [-0.39, 0.29) is 5.41 Å². The summed E-state index contributed by atoms with van der Waals surface area (Å²) in [4.78, 5) is 16.1. The molecule has 1 aromatic heterocycles. The summed E-state index contributed by atoms with van der Waals surface area (Å²) in [5, 5.41) is 7.45. The predicted octanol–water partition coefficient (Wildman–Crippen LogP) is 2.00. The highest BCUT2D eigenvalue weighted by Gasteiger charge is 2.20. The molecule has 1 heterocycles.